The number of halogens is 3. The monoisotopic (exact) mass is 486 g/mol. The topological polar surface area (TPSA) is 80.2 Å². The lowest BCUT2D eigenvalue weighted by atomic mass is 10.0. The lowest BCUT2D eigenvalue weighted by Crippen LogP contribution is -2.17. The molecule has 0 aliphatic heterocycles. The number of ether oxygens (including phenoxy) is 1. The number of benzene rings is 3. The molecule has 3 aromatic carbocycles. The Hall–Kier alpha value is -3.85. The Morgan fingerprint density at radius 1 is 0.914 bits per heavy atom. The number of hydrogen-bond acceptors (Lipinski definition) is 5. The van der Waals surface area contributed by atoms with Gasteiger partial charge in [-0.05, 0) is 46.9 Å². The first-order chi connectivity index (χ1) is 16.7. The van der Waals surface area contributed by atoms with Crippen molar-refractivity contribution in [3.05, 3.63) is 89.5 Å². The predicted octanol–water partition coefficient (Wildman–Crippen LogP) is 5.76. The molecule has 0 unspecified atom stereocenters. The highest BCUT2D eigenvalue weighted by Crippen LogP contribution is 2.26. The molecule has 0 heterocycles. The van der Waals surface area contributed by atoms with Crippen molar-refractivity contribution in [3.63, 3.8) is 0 Å². The van der Waals surface area contributed by atoms with Crippen LogP contribution in [0.1, 0.15) is 30.0 Å². The minimum Gasteiger partial charge on any atom is -0.481 e. The Morgan fingerprint density at radius 3 is 2.06 bits per heavy atom. The number of nitrogens with zero attached hydrogens (tertiary/aromatic N) is 1. The van der Waals surface area contributed by atoms with E-state index in [1.165, 1.54) is 12.1 Å². The third kappa shape index (κ3) is 8.78. The van der Waals surface area contributed by atoms with Gasteiger partial charge in [-0.3, -0.25) is 4.79 Å². The van der Waals surface area contributed by atoms with Gasteiger partial charge in [-0.2, -0.15) is 0 Å². The number of aliphatic carboxylic acids is 1. The summed E-state index contributed by atoms with van der Waals surface area (Å²) in [7, 11) is 0. The van der Waals surface area contributed by atoms with Crippen molar-refractivity contribution < 1.29 is 32.6 Å². The number of nitrogens with one attached hydrogen (secondary N) is 1. The lowest BCUT2D eigenvalue weighted by molar-refractivity contribution is -0.274. The zero-order valence-electron chi connectivity index (χ0n) is 19.0. The summed E-state index contributed by atoms with van der Waals surface area (Å²) in [6.07, 6.45) is -4.63. The van der Waals surface area contributed by atoms with Crippen LogP contribution in [0.15, 0.2) is 78.0 Å². The van der Waals surface area contributed by atoms with Gasteiger partial charge in [0.15, 0.2) is 0 Å². The average Bonchev–Trinajstić information content (AvgIpc) is 2.82. The highest BCUT2D eigenvalue weighted by Gasteiger charge is 2.30. The first kappa shape index (κ1) is 25.8. The minimum atomic E-state index is -4.71. The van der Waals surface area contributed by atoms with E-state index in [1.54, 1.807) is 12.1 Å². The van der Waals surface area contributed by atoms with Gasteiger partial charge in [0.25, 0.3) is 0 Å². The fourth-order valence-electron chi connectivity index (χ4n) is 3.19. The van der Waals surface area contributed by atoms with E-state index in [-0.39, 0.29) is 18.8 Å². The van der Waals surface area contributed by atoms with Gasteiger partial charge < -0.3 is 20.0 Å². The van der Waals surface area contributed by atoms with Gasteiger partial charge in [0.2, 0.25) is 0 Å². The Balaban J connectivity index is 1.49. The number of hydrogen-bond donors (Lipinski definition) is 2. The molecule has 35 heavy (non-hydrogen) atoms. The molecule has 2 N–H and O–H groups in total. The first-order valence-electron chi connectivity index (χ1n) is 10.8. The smallest absolute Gasteiger partial charge is 0.481 e. The highest BCUT2D eigenvalue weighted by atomic mass is 19.4. The summed E-state index contributed by atoms with van der Waals surface area (Å²) in [5, 5.41) is 15.9. The van der Waals surface area contributed by atoms with Crippen LogP contribution in [0.3, 0.4) is 0 Å². The molecule has 0 bridgehead atoms. The summed E-state index contributed by atoms with van der Waals surface area (Å²) in [4.78, 5) is 16.0. The van der Waals surface area contributed by atoms with Crippen LogP contribution >= 0.6 is 0 Å². The number of rotatable bonds is 11. The zero-order valence-corrected chi connectivity index (χ0v) is 19.0. The summed E-state index contributed by atoms with van der Waals surface area (Å²) in [6, 6.07) is 20.9. The Morgan fingerprint density at radius 2 is 1.49 bits per heavy atom. The van der Waals surface area contributed by atoms with Gasteiger partial charge in [-0.15, -0.1) is 13.2 Å². The van der Waals surface area contributed by atoms with E-state index < -0.39 is 12.3 Å². The summed E-state index contributed by atoms with van der Waals surface area (Å²) >= 11 is 0. The molecule has 3 rings (SSSR count). The van der Waals surface area contributed by atoms with Crippen LogP contribution in [-0.2, 0) is 22.8 Å². The van der Waals surface area contributed by atoms with Gasteiger partial charge >= 0.3 is 12.3 Å². The molecule has 184 valence electrons. The minimum absolute atomic E-state index is 0.0812. The molecule has 6 nitrogen and oxygen atoms in total. The summed E-state index contributed by atoms with van der Waals surface area (Å²) in [6.45, 7) is 3.11. The molecule has 0 spiro atoms. The third-order valence-corrected chi connectivity index (χ3v) is 5.02. The maximum atomic E-state index is 12.3. The van der Waals surface area contributed by atoms with E-state index in [9.17, 15) is 18.0 Å². The van der Waals surface area contributed by atoms with Gasteiger partial charge in [0.05, 0.1) is 12.1 Å². The second-order valence-corrected chi connectivity index (χ2v) is 7.74. The molecule has 0 atom stereocenters. The number of oxime groups is 1. The zero-order chi connectivity index (χ0) is 25.3. The van der Waals surface area contributed by atoms with Gasteiger partial charge in [-0.1, -0.05) is 65.8 Å². The van der Waals surface area contributed by atoms with Crippen molar-refractivity contribution in [1.82, 2.24) is 5.32 Å². The standard InChI is InChI=1S/C26H25F3N2O4/c1-18(21-6-2-19(3-7-21)16-30-15-14-25(32)33)31-34-17-20-4-8-22(9-5-20)23-10-12-24(13-11-23)35-26(27,28)29/h2-13,30H,14-17H2,1H3,(H,32,33)/b31-18+. The van der Waals surface area contributed by atoms with Crippen molar-refractivity contribution in [1.29, 1.82) is 0 Å². The van der Waals surface area contributed by atoms with E-state index in [0.29, 0.717) is 18.8 Å². The van der Waals surface area contributed by atoms with Gasteiger partial charge in [-0.25, -0.2) is 0 Å². The van der Waals surface area contributed by atoms with Gasteiger partial charge in [0, 0.05) is 13.1 Å². The summed E-state index contributed by atoms with van der Waals surface area (Å²) < 4.78 is 40.7. The normalized spacial score (nSPS) is 11.8. The number of carboxylic acids is 1. The Kier molecular flexibility index (Phi) is 8.86. The highest BCUT2D eigenvalue weighted by molar-refractivity contribution is 5.98. The summed E-state index contributed by atoms with van der Waals surface area (Å²) in [5.41, 5.74) is 5.17. The Labute approximate surface area is 201 Å². The molecule has 0 radical (unpaired) electrons. The van der Waals surface area contributed by atoms with Crippen molar-refractivity contribution >= 4 is 11.7 Å². The van der Waals surface area contributed by atoms with E-state index in [2.05, 4.69) is 15.2 Å². The van der Waals surface area contributed by atoms with Crippen molar-refractivity contribution in [2.45, 2.75) is 32.9 Å². The van der Waals surface area contributed by atoms with Crippen molar-refractivity contribution in [2.24, 2.45) is 5.16 Å². The quantitative estimate of drug-likeness (QED) is 0.205. The fraction of sp³-hybridized carbons (Fsp3) is 0.231. The molecular formula is C26H25F3N2O4. The molecule has 0 fully saturated rings. The van der Waals surface area contributed by atoms with Crippen LogP contribution < -0.4 is 10.1 Å². The van der Waals surface area contributed by atoms with E-state index in [4.69, 9.17) is 9.94 Å². The molecule has 0 saturated heterocycles. The third-order valence-electron chi connectivity index (χ3n) is 5.02. The van der Waals surface area contributed by atoms with Crippen LogP contribution in [0.25, 0.3) is 11.1 Å². The predicted molar refractivity (Wildman–Crippen MR) is 126 cm³/mol. The molecule has 9 heteroatoms. The second-order valence-electron chi connectivity index (χ2n) is 7.74. The van der Waals surface area contributed by atoms with Crippen molar-refractivity contribution in [3.8, 4) is 16.9 Å². The van der Waals surface area contributed by atoms with Crippen molar-refractivity contribution in [2.75, 3.05) is 6.54 Å². The number of carbonyl (C=O) groups is 1. The molecular weight excluding hydrogens is 461 g/mol. The SMILES string of the molecule is C/C(=N\OCc1ccc(-c2ccc(OC(F)(F)F)cc2)cc1)c1ccc(CNCCC(=O)O)cc1. The van der Waals surface area contributed by atoms with Crippen LogP contribution in [-0.4, -0.2) is 29.7 Å². The molecule has 0 amide bonds. The summed E-state index contributed by atoms with van der Waals surface area (Å²) in [5.74, 6) is -1.09. The number of alkyl halides is 3. The van der Waals surface area contributed by atoms with Crippen LogP contribution in [0.5, 0.6) is 5.75 Å². The van der Waals surface area contributed by atoms with Crippen LogP contribution in [0.2, 0.25) is 0 Å². The average molecular weight is 486 g/mol. The van der Waals surface area contributed by atoms with E-state index in [1.807, 2.05) is 55.5 Å². The molecule has 0 aromatic heterocycles. The van der Waals surface area contributed by atoms with Crippen LogP contribution in [0, 0.1) is 0 Å². The fourth-order valence-corrected chi connectivity index (χ4v) is 3.19. The maximum absolute atomic E-state index is 12.3. The molecule has 0 aliphatic rings. The van der Waals surface area contributed by atoms with Gasteiger partial charge in [0.1, 0.15) is 12.4 Å². The molecule has 3 aromatic rings. The molecule has 0 saturated carbocycles. The Bertz CT molecular complexity index is 1130. The van der Waals surface area contributed by atoms with Crippen LogP contribution in [0.4, 0.5) is 13.2 Å². The first-order valence-corrected chi connectivity index (χ1v) is 10.8. The maximum Gasteiger partial charge on any atom is 0.573 e. The van der Waals surface area contributed by atoms with E-state index >= 15 is 0 Å². The largest absolute Gasteiger partial charge is 0.573 e. The molecule has 0 aliphatic carbocycles. The lowest BCUT2D eigenvalue weighted by Gasteiger charge is -2.09. The van der Waals surface area contributed by atoms with E-state index in [0.717, 1.165) is 27.8 Å². The number of carboxylic acid groups (broad SMARTS) is 1. The second kappa shape index (κ2) is 12.0.